The van der Waals surface area contributed by atoms with E-state index in [1.165, 1.54) is 11.1 Å². The lowest BCUT2D eigenvalue weighted by Gasteiger charge is -2.21. The van der Waals surface area contributed by atoms with E-state index in [9.17, 15) is 0 Å². The zero-order chi connectivity index (χ0) is 14.7. The molecular weight excluding hydrogens is 309 g/mol. The second kappa shape index (κ2) is 6.95. The van der Waals surface area contributed by atoms with Gasteiger partial charge in [0.1, 0.15) is 0 Å². The Bertz CT molecular complexity index is 592. The summed E-state index contributed by atoms with van der Waals surface area (Å²) in [4.78, 5) is 1.13. The standard InChI is InChI=1S/C16H19Cl2NS/c1-4-6-19-15(16-13(17)5-7-20-16)12-8-10(2)11(3)9-14(12)18/h5,7-9,15,19H,4,6H2,1-3H3. The molecule has 108 valence electrons. The monoisotopic (exact) mass is 327 g/mol. The van der Waals surface area contributed by atoms with Crippen LogP contribution in [-0.4, -0.2) is 6.54 Å². The molecule has 1 aromatic carbocycles. The number of hydrogen-bond donors (Lipinski definition) is 1. The third-order valence-corrected chi connectivity index (χ3v) is 5.18. The van der Waals surface area contributed by atoms with Crippen LogP contribution in [0.2, 0.25) is 10.0 Å². The average Bonchev–Trinajstić information content (AvgIpc) is 2.82. The van der Waals surface area contributed by atoms with E-state index in [1.807, 2.05) is 17.5 Å². The van der Waals surface area contributed by atoms with E-state index in [-0.39, 0.29) is 6.04 Å². The summed E-state index contributed by atoms with van der Waals surface area (Å²) in [7, 11) is 0. The van der Waals surface area contributed by atoms with Gasteiger partial charge >= 0.3 is 0 Å². The summed E-state index contributed by atoms with van der Waals surface area (Å²) < 4.78 is 0. The summed E-state index contributed by atoms with van der Waals surface area (Å²) in [6, 6.07) is 6.21. The van der Waals surface area contributed by atoms with E-state index in [2.05, 4.69) is 32.2 Å². The van der Waals surface area contributed by atoms with Crippen LogP contribution in [-0.2, 0) is 0 Å². The summed E-state index contributed by atoms with van der Waals surface area (Å²) >= 11 is 14.4. The maximum atomic E-state index is 6.47. The topological polar surface area (TPSA) is 12.0 Å². The highest BCUT2D eigenvalue weighted by Crippen LogP contribution is 2.36. The van der Waals surface area contributed by atoms with Gasteiger partial charge in [0.05, 0.1) is 11.1 Å². The van der Waals surface area contributed by atoms with Gasteiger partial charge < -0.3 is 5.32 Å². The molecule has 1 aromatic heterocycles. The maximum Gasteiger partial charge on any atom is 0.0700 e. The zero-order valence-corrected chi connectivity index (χ0v) is 14.3. The number of nitrogens with one attached hydrogen (secondary N) is 1. The predicted octanol–water partition coefficient (Wildman–Crippen LogP) is 5.76. The highest BCUT2D eigenvalue weighted by molar-refractivity contribution is 7.10. The Hall–Kier alpha value is -0.540. The Morgan fingerprint density at radius 3 is 2.45 bits per heavy atom. The van der Waals surface area contributed by atoms with Crippen molar-refractivity contribution < 1.29 is 0 Å². The molecule has 0 fully saturated rings. The Labute approximate surface area is 134 Å². The molecule has 1 heterocycles. The lowest BCUT2D eigenvalue weighted by atomic mass is 9.99. The van der Waals surface area contributed by atoms with Crippen LogP contribution in [0.4, 0.5) is 0 Å². The van der Waals surface area contributed by atoms with Crippen LogP contribution >= 0.6 is 34.5 Å². The highest BCUT2D eigenvalue weighted by Gasteiger charge is 2.20. The first kappa shape index (κ1) is 15.8. The molecule has 0 spiro atoms. The summed E-state index contributed by atoms with van der Waals surface area (Å²) in [5.41, 5.74) is 3.57. The van der Waals surface area contributed by atoms with Crippen molar-refractivity contribution >= 4 is 34.5 Å². The van der Waals surface area contributed by atoms with Gasteiger partial charge in [-0.15, -0.1) is 11.3 Å². The Morgan fingerprint density at radius 1 is 1.15 bits per heavy atom. The van der Waals surface area contributed by atoms with Gasteiger partial charge in [-0.3, -0.25) is 0 Å². The van der Waals surface area contributed by atoms with E-state index in [0.29, 0.717) is 0 Å². The second-order valence-corrected chi connectivity index (χ2v) is 6.74. The van der Waals surface area contributed by atoms with Crippen LogP contribution in [0.1, 0.15) is 41.0 Å². The molecule has 1 atom stereocenters. The first-order valence-corrected chi connectivity index (χ1v) is 8.41. The minimum absolute atomic E-state index is 0.0641. The molecule has 0 aliphatic heterocycles. The van der Waals surface area contributed by atoms with Gasteiger partial charge in [0, 0.05) is 9.90 Å². The van der Waals surface area contributed by atoms with Crippen LogP contribution in [0.5, 0.6) is 0 Å². The summed E-state index contributed by atoms with van der Waals surface area (Å²) in [6.45, 7) is 7.28. The van der Waals surface area contributed by atoms with E-state index in [1.54, 1.807) is 11.3 Å². The average molecular weight is 328 g/mol. The van der Waals surface area contributed by atoms with Crippen molar-refractivity contribution in [2.45, 2.75) is 33.2 Å². The van der Waals surface area contributed by atoms with Gasteiger partial charge in [0.15, 0.2) is 0 Å². The molecule has 0 saturated heterocycles. The lowest BCUT2D eigenvalue weighted by molar-refractivity contribution is 0.606. The molecule has 0 aliphatic carbocycles. The summed E-state index contributed by atoms with van der Waals surface area (Å²) in [6.07, 6.45) is 1.07. The highest BCUT2D eigenvalue weighted by atomic mass is 35.5. The zero-order valence-electron chi connectivity index (χ0n) is 12.0. The second-order valence-electron chi connectivity index (χ2n) is 4.98. The van der Waals surface area contributed by atoms with Crippen LogP contribution in [0.15, 0.2) is 23.6 Å². The SMILES string of the molecule is CCCNC(c1cc(C)c(C)cc1Cl)c1sccc1Cl. The molecule has 4 heteroatoms. The fourth-order valence-corrected chi connectivity index (χ4v) is 3.75. The molecule has 0 aliphatic rings. The number of thiophene rings is 1. The van der Waals surface area contributed by atoms with Gasteiger partial charge in [-0.1, -0.05) is 36.2 Å². The van der Waals surface area contributed by atoms with Crippen LogP contribution in [0.25, 0.3) is 0 Å². The Balaban J connectivity index is 2.46. The van der Waals surface area contributed by atoms with E-state index < -0.39 is 0 Å². The predicted molar refractivity (Wildman–Crippen MR) is 90.4 cm³/mol. The fourth-order valence-electron chi connectivity index (χ4n) is 2.17. The molecule has 0 radical (unpaired) electrons. The normalized spacial score (nSPS) is 12.7. The van der Waals surface area contributed by atoms with Crippen LogP contribution < -0.4 is 5.32 Å². The molecule has 0 amide bonds. The number of rotatable bonds is 5. The van der Waals surface area contributed by atoms with Crippen molar-refractivity contribution in [3.63, 3.8) is 0 Å². The third-order valence-electron chi connectivity index (χ3n) is 3.43. The van der Waals surface area contributed by atoms with Gasteiger partial charge in [-0.25, -0.2) is 0 Å². The molecule has 2 rings (SSSR count). The van der Waals surface area contributed by atoms with E-state index in [0.717, 1.165) is 33.5 Å². The van der Waals surface area contributed by atoms with Gasteiger partial charge in [0.25, 0.3) is 0 Å². The maximum absolute atomic E-state index is 6.47. The van der Waals surface area contributed by atoms with Crippen molar-refractivity contribution in [1.82, 2.24) is 5.32 Å². The minimum Gasteiger partial charge on any atom is -0.306 e. The van der Waals surface area contributed by atoms with Gasteiger partial charge in [-0.2, -0.15) is 0 Å². The van der Waals surface area contributed by atoms with E-state index in [4.69, 9.17) is 23.2 Å². The number of halogens is 2. The molecule has 0 saturated carbocycles. The molecular formula is C16H19Cl2NS. The first-order chi connectivity index (χ1) is 9.54. The van der Waals surface area contributed by atoms with E-state index >= 15 is 0 Å². The summed E-state index contributed by atoms with van der Waals surface area (Å²) in [5.74, 6) is 0. The van der Waals surface area contributed by atoms with Gasteiger partial charge in [-0.05, 0) is 61.0 Å². The first-order valence-electron chi connectivity index (χ1n) is 6.77. The smallest absolute Gasteiger partial charge is 0.0700 e. The van der Waals surface area contributed by atoms with Crippen molar-refractivity contribution in [2.24, 2.45) is 0 Å². The molecule has 1 unspecified atom stereocenters. The molecule has 0 bridgehead atoms. The third kappa shape index (κ3) is 3.37. The van der Waals surface area contributed by atoms with Crippen LogP contribution in [0, 0.1) is 13.8 Å². The van der Waals surface area contributed by atoms with Crippen molar-refractivity contribution in [1.29, 1.82) is 0 Å². The Kier molecular flexibility index (Phi) is 5.50. The van der Waals surface area contributed by atoms with Crippen molar-refractivity contribution in [3.05, 3.63) is 55.2 Å². The molecule has 1 nitrogen and oxygen atoms in total. The van der Waals surface area contributed by atoms with Crippen molar-refractivity contribution in [3.8, 4) is 0 Å². The van der Waals surface area contributed by atoms with Crippen molar-refractivity contribution in [2.75, 3.05) is 6.54 Å². The minimum atomic E-state index is 0.0641. The largest absolute Gasteiger partial charge is 0.306 e. The van der Waals surface area contributed by atoms with Crippen LogP contribution in [0.3, 0.4) is 0 Å². The fraction of sp³-hybridized carbons (Fsp3) is 0.375. The van der Waals surface area contributed by atoms with Gasteiger partial charge in [0.2, 0.25) is 0 Å². The quantitative estimate of drug-likeness (QED) is 0.736. The Morgan fingerprint density at radius 2 is 1.85 bits per heavy atom. The molecule has 2 aromatic rings. The lowest BCUT2D eigenvalue weighted by Crippen LogP contribution is -2.23. The number of hydrogen-bond acceptors (Lipinski definition) is 2. The summed E-state index contributed by atoms with van der Waals surface area (Å²) in [5, 5.41) is 7.18. The molecule has 1 N–H and O–H groups in total. The number of benzene rings is 1. The number of aryl methyl sites for hydroxylation is 2. The molecule has 20 heavy (non-hydrogen) atoms.